The van der Waals surface area contributed by atoms with Crippen molar-refractivity contribution in [3.63, 3.8) is 0 Å². The molecule has 0 N–H and O–H groups in total. The second kappa shape index (κ2) is 14.8. The van der Waals surface area contributed by atoms with Gasteiger partial charge < -0.3 is 23.7 Å². The molecule has 10 nitrogen and oxygen atoms in total. The van der Waals surface area contributed by atoms with E-state index in [1.807, 2.05) is 26.8 Å². The van der Waals surface area contributed by atoms with Crippen LogP contribution < -0.4 is 18.9 Å². The van der Waals surface area contributed by atoms with Crippen LogP contribution >= 0.6 is 0 Å². The molecule has 0 amide bonds. The molecular formula is C30H36O10. The normalized spacial score (nSPS) is 11.3. The number of carbonyl (C=O) groups is 5. The lowest BCUT2D eigenvalue weighted by Gasteiger charge is -2.24. The van der Waals surface area contributed by atoms with Gasteiger partial charge in [0.15, 0.2) is 0 Å². The third kappa shape index (κ3) is 9.21. The van der Waals surface area contributed by atoms with Crippen molar-refractivity contribution < 1.29 is 47.7 Å². The van der Waals surface area contributed by atoms with Gasteiger partial charge in [0.05, 0.1) is 10.8 Å². The van der Waals surface area contributed by atoms with E-state index in [4.69, 9.17) is 23.7 Å². The van der Waals surface area contributed by atoms with E-state index in [1.165, 1.54) is 45.9 Å². The highest BCUT2D eigenvalue weighted by molar-refractivity contribution is 6.06. The molecule has 10 heteroatoms. The molecule has 0 spiro atoms. The Labute approximate surface area is 233 Å². The predicted octanol–water partition coefficient (Wildman–Crippen LogP) is 6.06. The van der Waals surface area contributed by atoms with Gasteiger partial charge in [-0.05, 0) is 38.5 Å². The van der Waals surface area contributed by atoms with Gasteiger partial charge in [-0.1, -0.05) is 31.4 Å². The van der Waals surface area contributed by atoms with Crippen LogP contribution in [0.25, 0.3) is 10.8 Å². The monoisotopic (exact) mass is 556 g/mol. The molecule has 0 aliphatic heterocycles. The van der Waals surface area contributed by atoms with E-state index < -0.39 is 36.0 Å². The van der Waals surface area contributed by atoms with E-state index in [1.54, 1.807) is 0 Å². The van der Waals surface area contributed by atoms with Crippen molar-refractivity contribution in [1.29, 1.82) is 0 Å². The van der Waals surface area contributed by atoms with Crippen LogP contribution in [0.15, 0.2) is 29.8 Å². The smallest absolute Gasteiger partial charge is 0.308 e. The number of hydrogen-bond donors (Lipinski definition) is 0. The molecule has 2 aromatic carbocycles. The summed E-state index contributed by atoms with van der Waals surface area (Å²) in [6, 6.07) is 4.12. The molecule has 0 radical (unpaired) electrons. The van der Waals surface area contributed by atoms with E-state index >= 15 is 0 Å². The molecule has 2 aromatic rings. The van der Waals surface area contributed by atoms with Gasteiger partial charge in [0.1, 0.15) is 29.1 Å². The zero-order chi connectivity index (χ0) is 30.0. The summed E-state index contributed by atoms with van der Waals surface area (Å²) in [6.45, 7) is 10.5. The number of ether oxygens (including phenoxy) is 5. The quantitative estimate of drug-likeness (QED) is 0.131. The zero-order valence-corrected chi connectivity index (χ0v) is 24.0. The lowest BCUT2D eigenvalue weighted by molar-refractivity contribution is -0.149. The molecule has 0 aliphatic rings. The minimum Gasteiger partial charge on any atom is -0.457 e. The summed E-state index contributed by atoms with van der Waals surface area (Å²) >= 11 is 0. The summed E-state index contributed by atoms with van der Waals surface area (Å²) in [6.07, 6.45) is 3.67. The third-order valence-corrected chi connectivity index (χ3v) is 5.50. The highest BCUT2D eigenvalue weighted by Crippen LogP contribution is 2.49. The number of rotatable bonds is 12. The summed E-state index contributed by atoms with van der Waals surface area (Å²) in [5.41, 5.74) is 1.13. The SMILES string of the molecule is CCCCCC(=O)OC(CC=C(C)C)c1cc(OC(C)=O)c2c(OC(C)=O)ccc(OC(C)=O)c2c1OC(C)=O. The van der Waals surface area contributed by atoms with Gasteiger partial charge in [-0.2, -0.15) is 0 Å². The van der Waals surface area contributed by atoms with Crippen LogP contribution in [0.4, 0.5) is 0 Å². The molecule has 1 atom stereocenters. The number of esters is 5. The van der Waals surface area contributed by atoms with Gasteiger partial charge in [0.2, 0.25) is 0 Å². The van der Waals surface area contributed by atoms with Gasteiger partial charge in [0, 0.05) is 46.1 Å². The Morgan fingerprint density at radius 2 is 1.25 bits per heavy atom. The van der Waals surface area contributed by atoms with E-state index in [9.17, 15) is 24.0 Å². The molecule has 0 aromatic heterocycles. The van der Waals surface area contributed by atoms with Crippen LogP contribution in [0.3, 0.4) is 0 Å². The van der Waals surface area contributed by atoms with Crippen molar-refractivity contribution in [2.24, 2.45) is 0 Å². The largest absolute Gasteiger partial charge is 0.457 e. The zero-order valence-electron chi connectivity index (χ0n) is 24.0. The first-order valence-corrected chi connectivity index (χ1v) is 13.0. The van der Waals surface area contributed by atoms with Crippen molar-refractivity contribution in [3.05, 3.63) is 35.4 Å². The minimum atomic E-state index is -0.973. The standard InChI is InChI=1S/C30H36O10/c1-8-9-10-11-27(35)40-23(13-12-17(2)3)22-16-26(38-20(6)33)28-24(36-18(4)31)14-15-25(37-19(5)32)29(28)30(22)39-21(7)34/h12,14-16,23H,8-11,13H2,1-7H3. The maximum Gasteiger partial charge on any atom is 0.308 e. The Bertz CT molecular complexity index is 1320. The maximum absolute atomic E-state index is 12.8. The molecule has 0 aliphatic carbocycles. The molecule has 40 heavy (non-hydrogen) atoms. The summed E-state index contributed by atoms with van der Waals surface area (Å²) in [5.74, 6) is -3.50. The van der Waals surface area contributed by atoms with Crippen LogP contribution in [0.2, 0.25) is 0 Å². The van der Waals surface area contributed by atoms with E-state index in [0.29, 0.717) is 6.42 Å². The van der Waals surface area contributed by atoms with Gasteiger partial charge in [-0.25, -0.2) is 0 Å². The average Bonchev–Trinajstić information content (AvgIpc) is 2.83. The molecule has 2 rings (SSSR count). The van der Waals surface area contributed by atoms with E-state index in [2.05, 4.69) is 0 Å². The Hall–Kier alpha value is -4.21. The molecule has 0 saturated carbocycles. The number of benzene rings is 2. The van der Waals surface area contributed by atoms with Crippen molar-refractivity contribution >= 4 is 40.6 Å². The van der Waals surface area contributed by atoms with Gasteiger partial charge in [-0.15, -0.1) is 0 Å². The summed E-state index contributed by atoms with van der Waals surface area (Å²) in [7, 11) is 0. The lowest BCUT2D eigenvalue weighted by Crippen LogP contribution is -2.15. The van der Waals surface area contributed by atoms with Crippen LogP contribution in [0, 0.1) is 0 Å². The molecule has 216 valence electrons. The fourth-order valence-corrected chi connectivity index (χ4v) is 3.98. The first-order chi connectivity index (χ1) is 18.8. The van der Waals surface area contributed by atoms with Gasteiger partial charge in [-0.3, -0.25) is 24.0 Å². The molecular weight excluding hydrogens is 520 g/mol. The summed E-state index contributed by atoms with van der Waals surface area (Å²) < 4.78 is 27.8. The Balaban J connectivity index is 3.01. The molecule has 0 bridgehead atoms. The van der Waals surface area contributed by atoms with Crippen LogP contribution in [0.1, 0.15) is 92.2 Å². The van der Waals surface area contributed by atoms with Gasteiger partial charge >= 0.3 is 29.8 Å². The number of hydrogen-bond acceptors (Lipinski definition) is 10. The maximum atomic E-state index is 12.8. The fourth-order valence-electron chi connectivity index (χ4n) is 3.98. The van der Waals surface area contributed by atoms with Crippen molar-refractivity contribution in [2.45, 2.75) is 86.7 Å². The minimum absolute atomic E-state index is 0.0159. The first kappa shape index (κ1) is 32.0. The second-order valence-electron chi connectivity index (χ2n) is 9.43. The van der Waals surface area contributed by atoms with E-state index in [0.717, 1.165) is 18.4 Å². The number of allylic oxidation sites excluding steroid dienone is 1. The van der Waals surface area contributed by atoms with E-state index in [-0.39, 0.29) is 52.2 Å². The second-order valence-corrected chi connectivity index (χ2v) is 9.43. The summed E-state index contributed by atoms with van der Waals surface area (Å²) in [5, 5.41) is 0.0570. The highest BCUT2D eigenvalue weighted by Gasteiger charge is 2.30. The summed E-state index contributed by atoms with van der Waals surface area (Å²) in [4.78, 5) is 61.2. The number of fused-ring (bicyclic) bond motifs is 1. The Kier molecular flexibility index (Phi) is 11.8. The molecule has 0 heterocycles. The predicted molar refractivity (Wildman–Crippen MR) is 146 cm³/mol. The Morgan fingerprint density at radius 3 is 1.75 bits per heavy atom. The van der Waals surface area contributed by atoms with Crippen LogP contribution in [-0.2, 0) is 28.7 Å². The highest BCUT2D eigenvalue weighted by atomic mass is 16.6. The fraction of sp³-hybridized carbons (Fsp3) is 0.433. The van der Waals surface area contributed by atoms with Crippen LogP contribution in [0.5, 0.6) is 23.0 Å². The molecule has 0 fully saturated rings. The Morgan fingerprint density at radius 1 is 0.725 bits per heavy atom. The molecule has 0 saturated heterocycles. The third-order valence-electron chi connectivity index (χ3n) is 5.50. The van der Waals surface area contributed by atoms with Crippen molar-refractivity contribution in [1.82, 2.24) is 0 Å². The van der Waals surface area contributed by atoms with Crippen molar-refractivity contribution in [2.75, 3.05) is 0 Å². The number of carbonyl (C=O) groups excluding carboxylic acids is 5. The van der Waals surface area contributed by atoms with Crippen molar-refractivity contribution in [3.8, 4) is 23.0 Å². The lowest BCUT2D eigenvalue weighted by atomic mass is 9.96. The first-order valence-electron chi connectivity index (χ1n) is 13.0. The average molecular weight is 557 g/mol. The molecule has 1 unspecified atom stereocenters. The van der Waals surface area contributed by atoms with Crippen LogP contribution in [-0.4, -0.2) is 29.8 Å². The topological polar surface area (TPSA) is 132 Å². The van der Waals surface area contributed by atoms with Gasteiger partial charge in [0.25, 0.3) is 0 Å². The number of unbranched alkanes of at least 4 members (excludes halogenated alkanes) is 2.